The highest BCUT2D eigenvalue weighted by atomic mass is 31.2. The monoisotopic (exact) mass is 537 g/mol. The summed E-state index contributed by atoms with van der Waals surface area (Å²) in [4.78, 5) is 37.9. The van der Waals surface area contributed by atoms with E-state index in [9.17, 15) is 29.2 Å². The van der Waals surface area contributed by atoms with Crippen molar-refractivity contribution in [2.24, 2.45) is 0 Å². The Morgan fingerprint density at radius 1 is 1.30 bits per heavy atom. The molecule has 3 rings (SSSR count). The third-order valence-electron chi connectivity index (χ3n) is 5.25. The maximum Gasteiger partial charge on any atom is 0.459 e. The van der Waals surface area contributed by atoms with Crippen LogP contribution in [0.25, 0.3) is 0 Å². The van der Waals surface area contributed by atoms with Gasteiger partial charge in [0, 0.05) is 12.3 Å². The number of nitrogens with one attached hydrogen (secondary N) is 2. The molecular weight excluding hydrogens is 509 g/mol. The normalized spacial score (nSPS) is 25.7. The Morgan fingerprint density at radius 2 is 1.97 bits per heavy atom. The Hall–Kier alpha value is -3.24. The highest BCUT2D eigenvalue weighted by Gasteiger charge is 2.56. The van der Waals surface area contributed by atoms with Crippen LogP contribution in [0.1, 0.15) is 27.0 Å². The summed E-state index contributed by atoms with van der Waals surface area (Å²) in [6, 6.07) is 7.84. The molecule has 14 heteroatoms. The van der Waals surface area contributed by atoms with Gasteiger partial charge in [-0.3, -0.25) is 23.7 Å². The standard InChI is InChI=1S/C23H28N3O10P/c1-5-23(31)19(28)17(35-21(23)26-12-11-18(27)24-22(26)30)13-33-37(32,36-16-9-7-6-8-10-16)25-15(4)20(29)34-14(2)3/h1,6-12,14-15,17,19,21,28,31H,13H2,2-4H3,(H,25,32)(H,24,27,30)/t15-,17+,19+,21-,23+,37?/m0/s1. The summed E-state index contributed by atoms with van der Waals surface area (Å²) < 4.78 is 36.2. The number of H-pyrrole nitrogens is 1. The highest BCUT2D eigenvalue weighted by molar-refractivity contribution is 7.52. The molecule has 1 aromatic carbocycles. The van der Waals surface area contributed by atoms with Crippen molar-refractivity contribution in [3.63, 3.8) is 0 Å². The van der Waals surface area contributed by atoms with Crippen LogP contribution in [0.5, 0.6) is 5.75 Å². The van der Waals surface area contributed by atoms with Gasteiger partial charge in [0.1, 0.15) is 24.0 Å². The second-order valence-electron chi connectivity index (χ2n) is 8.49. The molecule has 6 atom stereocenters. The number of aliphatic hydroxyl groups is 2. The number of rotatable bonds is 10. The topological polar surface area (TPSA) is 178 Å². The Morgan fingerprint density at radius 3 is 2.57 bits per heavy atom. The molecule has 2 aromatic rings. The molecule has 1 saturated heterocycles. The zero-order valence-corrected chi connectivity index (χ0v) is 21.2. The molecule has 0 amide bonds. The number of hydrogen-bond donors (Lipinski definition) is 4. The molecule has 0 bridgehead atoms. The fourth-order valence-electron chi connectivity index (χ4n) is 3.46. The molecule has 1 aliphatic rings. The van der Waals surface area contributed by atoms with Gasteiger partial charge in [-0.1, -0.05) is 24.1 Å². The highest BCUT2D eigenvalue weighted by Crippen LogP contribution is 2.46. The van der Waals surface area contributed by atoms with Crippen LogP contribution < -0.4 is 20.9 Å². The summed E-state index contributed by atoms with van der Waals surface area (Å²) in [5.41, 5.74) is -4.06. The van der Waals surface area contributed by atoms with E-state index in [1.54, 1.807) is 32.0 Å². The first-order valence-electron chi connectivity index (χ1n) is 11.2. The molecule has 0 saturated carbocycles. The molecule has 0 radical (unpaired) electrons. The number of hydrogen-bond acceptors (Lipinski definition) is 10. The van der Waals surface area contributed by atoms with Crippen molar-refractivity contribution in [1.82, 2.24) is 14.6 Å². The average molecular weight is 537 g/mol. The zero-order valence-electron chi connectivity index (χ0n) is 20.3. The van der Waals surface area contributed by atoms with Crippen LogP contribution in [0.4, 0.5) is 0 Å². The largest absolute Gasteiger partial charge is 0.462 e. The van der Waals surface area contributed by atoms with Crippen molar-refractivity contribution >= 4 is 13.7 Å². The molecule has 13 nitrogen and oxygen atoms in total. The van der Waals surface area contributed by atoms with E-state index in [1.807, 2.05) is 10.9 Å². The number of aromatic nitrogens is 2. The summed E-state index contributed by atoms with van der Waals surface area (Å²) in [5, 5.41) is 24.1. The van der Waals surface area contributed by atoms with E-state index in [2.05, 4.69) is 5.09 Å². The van der Waals surface area contributed by atoms with Crippen LogP contribution in [-0.2, 0) is 23.4 Å². The fourth-order valence-corrected chi connectivity index (χ4v) is 4.96. The number of esters is 1. The number of carbonyl (C=O) groups excluding carboxylic acids is 1. The molecule has 1 aliphatic heterocycles. The van der Waals surface area contributed by atoms with Crippen LogP contribution in [0.3, 0.4) is 0 Å². The molecule has 2 heterocycles. The van der Waals surface area contributed by atoms with Crippen molar-refractivity contribution in [3.05, 3.63) is 63.4 Å². The molecule has 1 aromatic heterocycles. The number of carbonyl (C=O) groups is 1. The second-order valence-corrected chi connectivity index (χ2v) is 10.2. The van der Waals surface area contributed by atoms with E-state index >= 15 is 0 Å². The van der Waals surface area contributed by atoms with E-state index in [1.165, 1.54) is 19.1 Å². The van der Waals surface area contributed by atoms with Crippen molar-refractivity contribution in [2.45, 2.75) is 57.0 Å². The second kappa shape index (κ2) is 11.4. The molecule has 0 aliphatic carbocycles. The first-order chi connectivity index (χ1) is 17.4. The van der Waals surface area contributed by atoms with Gasteiger partial charge >= 0.3 is 19.4 Å². The first-order valence-corrected chi connectivity index (χ1v) is 12.8. The third-order valence-corrected chi connectivity index (χ3v) is 6.90. The van der Waals surface area contributed by atoms with E-state index in [0.29, 0.717) is 0 Å². The fraction of sp³-hybridized carbons (Fsp3) is 0.435. The first kappa shape index (κ1) is 28.3. The quantitative estimate of drug-likeness (QED) is 0.186. The lowest BCUT2D eigenvalue weighted by atomic mass is 9.95. The van der Waals surface area contributed by atoms with Crippen LogP contribution >= 0.6 is 7.75 Å². The molecule has 1 unspecified atom stereocenters. The maximum absolute atomic E-state index is 13.6. The van der Waals surface area contributed by atoms with Gasteiger partial charge < -0.3 is 24.2 Å². The van der Waals surface area contributed by atoms with Gasteiger partial charge in [0.2, 0.25) is 0 Å². The number of ether oxygens (including phenoxy) is 2. The summed E-state index contributed by atoms with van der Waals surface area (Å²) >= 11 is 0. The van der Waals surface area contributed by atoms with Gasteiger partial charge in [0.05, 0.1) is 12.7 Å². The molecular formula is C23H28N3O10P. The van der Waals surface area contributed by atoms with Crippen molar-refractivity contribution < 1.29 is 38.1 Å². The minimum Gasteiger partial charge on any atom is -0.462 e. The van der Waals surface area contributed by atoms with Crippen molar-refractivity contribution in [2.75, 3.05) is 6.61 Å². The summed E-state index contributed by atoms with van der Waals surface area (Å²) in [7, 11) is -4.32. The van der Waals surface area contributed by atoms with Gasteiger partial charge in [0.25, 0.3) is 5.56 Å². The SMILES string of the molecule is C#C[C@@]1(O)[C@H](O)[C@@H](COP(=O)(N[C@@H](C)C(=O)OC(C)C)Oc2ccccc2)O[C@@H]1n1ccc(=O)[nH]c1=O. The maximum atomic E-state index is 13.6. The summed E-state index contributed by atoms with van der Waals surface area (Å²) in [6.07, 6.45) is 1.22. The minimum atomic E-state index is -4.32. The lowest BCUT2D eigenvalue weighted by molar-refractivity contribution is -0.149. The van der Waals surface area contributed by atoms with Gasteiger partial charge in [-0.05, 0) is 32.9 Å². The number of aromatic amines is 1. The van der Waals surface area contributed by atoms with Gasteiger partial charge in [-0.15, -0.1) is 6.42 Å². The predicted octanol–water partition coefficient (Wildman–Crippen LogP) is 0.293. The average Bonchev–Trinajstić information content (AvgIpc) is 3.08. The van der Waals surface area contributed by atoms with E-state index < -0.39 is 67.8 Å². The van der Waals surface area contributed by atoms with Crippen LogP contribution in [-0.4, -0.2) is 62.3 Å². The van der Waals surface area contributed by atoms with Crippen molar-refractivity contribution in [3.8, 4) is 18.1 Å². The molecule has 4 N–H and O–H groups in total. The van der Waals surface area contributed by atoms with Crippen molar-refractivity contribution in [1.29, 1.82) is 0 Å². The van der Waals surface area contributed by atoms with Gasteiger partial charge in [-0.2, -0.15) is 5.09 Å². The van der Waals surface area contributed by atoms with Crippen LogP contribution in [0.15, 0.2) is 52.2 Å². The Labute approximate surface area is 211 Å². The number of nitrogens with zero attached hydrogens (tertiary/aromatic N) is 1. The Balaban J connectivity index is 1.84. The number of para-hydroxylation sites is 1. The third kappa shape index (κ3) is 6.56. The lowest BCUT2D eigenvalue weighted by Crippen LogP contribution is -2.48. The van der Waals surface area contributed by atoms with E-state index in [0.717, 1.165) is 16.8 Å². The summed E-state index contributed by atoms with van der Waals surface area (Å²) in [5.74, 6) is 1.44. The smallest absolute Gasteiger partial charge is 0.459 e. The zero-order chi connectivity index (χ0) is 27.4. The summed E-state index contributed by atoms with van der Waals surface area (Å²) in [6.45, 7) is 4.04. The van der Waals surface area contributed by atoms with Crippen LogP contribution in [0, 0.1) is 12.3 Å². The Bertz CT molecular complexity index is 1300. The van der Waals surface area contributed by atoms with Gasteiger partial charge in [0.15, 0.2) is 11.8 Å². The number of terminal acetylenes is 1. The lowest BCUT2D eigenvalue weighted by Gasteiger charge is -2.26. The van der Waals surface area contributed by atoms with Gasteiger partial charge in [-0.25, -0.2) is 9.36 Å². The molecule has 0 spiro atoms. The number of aliphatic hydroxyl groups excluding tert-OH is 1. The van der Waals surface area contributed by atoms with E-state index in [4.69, 9.17) is 24.9 Å². The predicted molar refractivity (Wildman–Crippen MR) is 129 cm³/mol. The molecule has 1 fully saturated rings. The number of benzene rings is 1. The molecule has 200 valence electrons. The van der Waals surface area contributed by atoms with Crippen LogP contribution in [0.2, 0.25) is 0 Å². The Kier molecular flexibility index (Phi) is 8.76. The minimum absolute atomic E-state index is 0.147. The molecule has 37 heavy (non-hydrogen) atoms. The van der Waals surface area contributed by atoms with E-state index in [-0.39, 0.29) is 5.75 Å².